The first-order chi connectivity index (χ1) is 5.57. The van der Waals surface area contributed by atoms with Gasteiger partial charge in [-0.15, -0.1) is 0 Å². The molecule has 0 aliphatic rings. The smallest absolute Gasteiger partial charge is 0.335 e. The molecule has 4 nitrogen and oxygen atoms in total. The predicted octanol–water partition coefficient (Wildman–Crippen LogP) is 0.460. The van der Waals surface area contributed by atoms with Crippen molar-refractivity contribution in [3.05, 3.63) is 0 Å². The van der Waals surface area contributed by atoms with E-state index < -0.39 is 12.1 Å². The Morgan fingerprint density at radius 2 is 2.25 bits per heavy atom. The van der Waals surface area contributed by atoms with Crippen LogP contribution in [0.3, 0.4) is 0 Å². The minimum Gasteiger partial charge on any atom is -0.448 e. The molecule has 0 aromatic rings. The van der Waals surface area contributed by atoms with E-state index in [4.69, 9.17) is 10.4 Å². The molecule has 0 saturated carbocycles. The van der Waals surface area contributed by atoms with Gasteiger partial charge in [-0.25, -0.2) is 4.79 Å². The number of rotatable bonds is 4. The number of aliphatic hydroxyl groups is 1. The van der Waals surface area contributed by atoms with Crippen molar-refractivity contribution in [1.29, 1.82) is 5.26 Å². The highest BCUT2D eigenvalue weighted by Gasteiger charge is 2.17. The number of aliphatic hydroxyl groups excluding tert-OH is 1. The summed E-state index contributed by atoms with van der Waals surface area (Å²) in [6, 6.07) is 1.65. The third-order valence-electron chi connectivity index (χ3n) is 1.25. The highest BCUT2D eigenvalue weighted by Crippen LogP contribution is 2.05. The van der Waals surface area contributed by atoms with Crippen molar-refractivity contribution in [2.24, 2.45) is 5.92 Å². The second kappa shape index (κ2) is 5.56. The summed E-state index contributed by atoms with van der Waals surface area (Å²) in [5.74, 6) is -0.486. The zero-order valence-corrected chi connectivity index (χ0v) is 7.28. The zero-order chi connectivity index (χ0) is 9.56. The third kappa shape index (κ3) is 4.69. The lowest BCUT2D eigenvalue weighted by Gasteiger charge is -2.10. The summed E-state index contributed by atoms with van der Waals surface area (Å²) in [5.41, 5.74) is 0. The maximum absolute atomic E-state index is 10.8. The van der Waals surface area contributed by atoms with Crippen molar-refractivity contribution in [1.82, 2.24) is 0 Å². The molecule has 0 aromatic carbocycles. The Hall–Kier alpha value is -1.08. The van der Waals surface area contributed by atoms with E-state index in [1.165, 1.54) is 0 Å². The maximum Gasteiger partial charge on any atom is 0.335 e. The molecule has 12 heavy (non-hydrogen) atoms. The Kier molecular flexibility index (Phi) is 5.06. The van der Waals surface area contributed by atoms with Gasteiger partial charge in [-0.3, -0.25) is 0 Å². The van der Waals surface area contributed by atoms with Crippen LogP contribution in [0.4, 0.5) is 0 Å². The number of carbonyl (C=O) groups is 1. The van der Waals surface area contributed by atoms with E-state index in [1.54, 1.807) is 6.07 Å². The number of hydrogen-bond acceptors (Lipinski definition) is 4. The predicted molar refractivity (Wildman–Crippen MR) is 42.0 cm³/mol. The normalized spacial score (nSPS) is 12.2. The van der Waals surface area contributed by atoms with E-state index >= 15 is 0 Å². The van der Waals surface area contributed by atoms with E-state index in [-0.39, 0.29) is 12.5 Å². The number of hydrogen-bond donors (Lipinski definition) is 1. The lowest BCUT2D eigenvalue weighted by Crippen LogP contribution is -2.24. The summed E-state index contributed by atoms with van der Waals surface area (Å²) < 4.78 is 4.40. The van der Waals surface area contributed by atoms with Crippen LogP contribution < -0.4 is 0 Å². The molecular weight excluding hydrogens is 158 g/mol. The zero-order valence-electron chi connectivity index (χ0n) is 7.28. The van der Waals surface area contributed by atoms with Gasteiger partial charge in [0.2, 0.25) is 0 Å². The fourth-order valence-corrected chi connectivity index (χ4v) is 0.742. The molecule has 0 amide bonds. The Morgan fingerprint density at radius 3 is 2.67 bits per heavy atom. The van der Waals surface area contributed by atoms with Gasteiger partial charge in [0.15, 0.2) is 12.7 Å². The van der Waals surface area contributed by atoms with Crippen molar-refractivity contribution in [3.8, 4) is 6.07 Å². The molecule has 1 N–H and O–H groups in total. The Labute approximate surface area is 71.8 Å². The van der Waals surface area contributed by atoms with Crippen LogP contribution in [0.1, 0.15) is 20.3 Å². The number of carbonyl (C=O) groups excluding carboxylic acids is 1. The topological polar surface area (TPSA) is 70.3 Å². The minimum absolute atomic E-state index is 0.231. The minimum atomic E-state index is -1.10. The van der Waals surface area contributed by atoms with Gasteiger partial charge in [-0.2, -0.15) is 5.26 Å². The maximum atomic E-state index is 10.8. The molecule has 1 atom stereocenters. The van der Waals surface area contributed by atoms with Crippen LogP contribution in [0.5, 0.6) is 0 Å². The Morgan fingerprint density at radius 1 is 1.67 bits per heavy atom. The molecule has 0 fully saturated rings. The van der Waals surface area contributed by atoms with E-state index in [1.807, 2.05) is 13.8 Å². The third-order valence-corrected chi connectivity index (χ3v) is 1.25. The molecule has 68 valence electrons. The molecular formula is C8H13NO3. The molecule has 0 aromatic heterocycles. The average Bonchev–Trinajstić information content (AvgIpc) is 1.98. The first kappa shape index (κ1) is 10.9. The van der Waals surface area contributed by atoms with Crippen LogP contribution in [-0.2, 0) is 9.53 Å². The first-order valence-corrected chi connectivity index (χ1v) is 3.79. The van der Waals surface area contributed by atoms with E-state index in [0.717, 1.165) is 0 Å². The molecule has 0 spiro atoms. The number of nitriles is 1. The monoisotopic (exact) mass is 171 g/mol. The number of ether oxygens (including phenoxy) is 1. The van der Waals surface area contributed by atoms with Gasteiger partial charge in [0.25, 0.3) is 0 Å². The highest BCUT2D eigenvalue weighted by molar-refractivity contribution is 5.74. The first-order valence-electron chi connectivity index (χ1n) is 3.79. The molecule has 0 saturated heterocycles. The molecule has 0 aliphatic carbocycles. The van der Waals surface area contributed by atoms with Gasteiger partial charge in [0.05, 0.1) is 0 Å². The molecule has 0 bridgehead atoms. The largest absolute Gasteiger partial charge is 0.448 e. The second-order valence-corrected chi connectivity index (χ2v) is 2.91. The van der Waals surface area contributed by atoms with Gasteiger partial charge in [0, 0.05) is 0 Å². The Bertz CT molecular complexity index is 183. The van der Waals surface area contributed by atoms with Gasteiger partial charge < -0.3 is 9.84 Å². The second-order valence-electron chi connectivity index (χ2n) is 2.91. The van der Waals surface area contributed by atoms with Gasteiger partial charge in [-0.1, -0.05) is 13.8 Å². The van der Waals surface area contributed by atoms with Crippen LogP contribution in [0.2, 0.25) is 0 Å². The quantitative estimate of drug-likeness (QED) is 0.624. The van der Waals surface area contributed by atoms with E-state index in [0.29, 0.717) is 6.42 Å². The fraction of sp³-hybridized carbons (Fsp3) is 0.750. The van der Waals surface area contributed by atoms with Crippen molar-refractivity contribution < 1.29 is 14.6 Å². The summed E-state index contributed by atoms with van der Waals surface area (Å²) in [6.07, 6.45) is -0.733. The molecule has 0 rings (SSSR count). The van der Waals surface area contributed by atoms with Crippen LogP contribution in [-0.4, -0.2) is 23.8 Å². The standard InChI is InChI=1S/C8H13NO3/c1-6(2)5-7(10)8(11)12-4-3-9/h6-7,10H,4-5H2,1-2H3/t7-/m0/s1. The van der Waals surface area contributed by atoms with E-state index in [2.05, 4.69) is 4.74 Å². The van der Waals surface area contributed by atoms with Gasteiger partial charge in [-0.05, 0) is 12.3 Å². The van der Waals surface area contributed by atoms with E-state index in [9.17, 15) is 4.79 Å². The molecule has 0 unspecified atom stereocenters. The van der Waals surface area contributed by atoms with Crippen LogP contribution in [0.15, 0.2) is 0 Å². The fourth-order valence-electron chi connectivity index (χ4n) is 0.742. The van der Waals surface area contributed by atoms with Crippen molar-refractivity contribution in [3.63, 3.8) is 0 Å². The SMILES string of the molecule is CC(C)C[C@H](O)C(=O)OCC#N. The van der Waals surface area contributed by atoms with Crippen molar-refractivity contribution in [2.75, 3.05) is 6.61 Å². The lowest BCUT2D eigenvalue weighted by atomic mass is 10.1. The molecule has 4 heteroatoms. The van der Waals surface area contributed by atoms with Crippen LogP contribution >= 0.6 is 0 Å². The lowest BCUT2D eigenvalue weighted by molar-refractivity contribution is -0.152. The Balaban J connectivity index is 3.70. The summed E-state index contributed by atoms with van der Waals surface area (Å²) in [6.45, 7) is 3.48. The molecule has 0 radical (unpaired) electrons. The number of nitrogens with zero attached hydrogens (tertiary/aromatic N) is 1. The van der Waals surface area contributed by atoms with Gasteiger partial charge in [0.1, 0.15) is 6.07 Å². The van der Waals surface area contributed by atoms with Crippen molar-refractivity contribution in [2.45, 2.75) is 26.4 Å². The van der Waals surface area contributed by atoms with Crippen molar-refractivity contribution >= 4 is 5.97 Å². The number of esters is 1. The summed E-state index contributed by atoms with van der Waals surface area (Å²) in [4.78, 5) is 10.8. The van der Waals surface area contributed by atoms with Gasteiger partial charge >= 0.3 is 5.97 Å². The van der Waals surface area contributed by atoms with Crippen LogP contribution in [0, 0.1) is 17.2 Å². The molecule has 0 aliphatic heterocycles. The molecule has 0 heterocycles. The summed E-state index contributed by atoms with van der Waals surface area (Å²) >= 11 is 0. The average molecular weight is 171 g/mol. The summed E-state index contributed by atoms with van der Waals surface area (Å²) in [5, 5.41) is 17.2. The van der Waals surface area contributed by atoms with Crippen LogP contribution in [0.25, 0.3) is 0 Å². The highest BCUT2D eigenvalue weighted by atomic mass is 16.5. The summed E-state index contributed by atoms with van der Waals surface area (Å²) in [7, 11) is 0.